The highest BCUT2D eigenvalue weighted by Gasteiger charge is 2.05. The Morgan fingerprint density at radius 3 is 2.69 bits per heavy atom. The molecule has 0 amide bonds. The van der Waals surface area contributed by atoms with Gasteiger partial charge in [0.1, 0.15) is 5.82 Å². The van der Waals surface area contributed by atoms with Gasteiger partial charge in [0.05, 0.1) is 11.9 Å². The van der Waals surface area contributed by atoms with Crippen LogP contribution in [0.3, 0.4) is 0 Å². The first-order chi connectivity index (χ1) is 7.81. The van der Waals surface area contributed by atoms with Crippen molar-refractivity contribution in [3.63, 3.8) is 0 Å². The number of hydrogen-bond acceptors (Lipinski definition) is 4. The van der Waals surface area contributed by atoms with Crippen molar-refractivity contribution in [2.24, 2.45) is 0 Å². The highest BCUT2D eigenvalue weighted by molar-refractivity contribution is 5.35. The van der Waals surface area contributed by atoms with E-state index in [1.165, 1.54) is 0 Å². The first-order valence-electron chi connectivity index (χ1n) is 6.08. The molecule has 1 heterocycles. The second-order valence-electron chi connectivity index (χ2n) is 3.73. The molecule has 90 valence electrons. The maximum absolute atomic E-state index is 4.60. The molecule has 0 aliphatic rings. The molecule has 0 aliphatic heterocycles. The van der Waals surface area contributed by atoms with Crippen LogP contribution >= 0.6 is 0 Å². The number of nitrogens with one attached hydrogen (secondary N) is 1. The molecule has 4 nitrogen and oxygen atoms in total. The molecule has 0 aromatic carbocycles. The average molecular weight is 222 g/mol. The summed E-state index contributed by atoms with van der Waals surface area (Å²) < 4.78 is 0. The van der Waals surface area contributed by atoms with Gasteiger partial charge in [0.15, 0.2) is 0 Å². The van der Waals surface area contributed by atoms with E-state index in [1.807, 2.05) is 12.4 Å². The lowest BCUT2D eigenvalue weighted by molar-refractivity contribution is 0.700. The van der Waals surface area contributed by atoms with Gasteiger partial charge in [-0.05, 0) is 19.9 Å². The standard InChI is InChI=1S/C12H22N4/c1-4-7-16(6-3)12-10-14-9-11(15-12)8-13-5-2/h9-10,13H,4-8H2,1-3H3. The monoisotopic (exact) mass is 222 g/mol. The van der Waals surface area contributed by atoms with Crippen molar-refractivity contribution < 1.29 is 0 Å². The zero-order valence-corrected chi connectivity index (χ0v) is 10.5. The Morgan fingerprint density at radius 1 is 1.25 bits per heavy atom. The third kappa shape index (κ3) is 3.77. The van der Waals surface area contributed by atoms with Crippen LogP contribution in [0.1, 0.15) is 32.9 Å². The summed E-state index contributed by atoms with van der Waals surface area (Å²) in [6, 6.07) is 0. The van der Waals surface area contributed by atoms with Gasteiger partial charge in [-0.1, -0.05) is 13.8 Å². The predicted molar refractivity (Wildman–Crippen MR) is 67.6 cm³/mol. The fourth-order valence-corrected chi connectivity index (χ4v) is 1.59. The second kappa shape index (κ2) is 7.17. The summed E-state index contributed by atoms with van der Waals surface area (Å²) in [6.07, 6.45) is 4.80. The van der Waals surface area contributed by atoms with E-state index >= 15 is 0 Å². The first kappa shape index (κ1) is 12.9. The number of hydrogen-bond donors (Lipinski definition) is 1. The molecule has 0 saturated heterocycles. The van der Waals surface area contributed by atoms with E-state index in [1.54, 1.807) is 0 Å². The summed E-state index contributed by atoms with van der Waals surface area (Å²) >= 11 is 0. The topological polar surface area (TPSA) is 41.1 Å². The van der Waals surface area contributed by atoms with E-state index in [4.69, 9.17) is 0 Å². The summed E-state index contributed by atoms with van der Waals surface area (Å²) in [5.74, 6) is 0.986. The van der Waals surface area contributed by atoms with Crippen molar-refractivity contribution in [1.82, 2.24) is 15.3 Å². The average Bonchev–Trinajstić information content (AvgIpc) is 2.33. The Hall–Kier alpha value is -1.16. The molecule has 0 saturated carbocycles. The first-order valence-corrected chi connectivity index (χ1v) is 6.08. The number of rotatable bonds is 7. The smallest absolute Gasteiger partial charge is 0.147 e. The van der Waals surface area contributed by atoms with E-state index in [9.17, 15) is 0 Å². The second-order valence-corrected chi connectivity index (χ2v) is 3.73. The van der Waals surface area contributed by atoms with Crippen molar-refractivity contribution in [2.45, 2.75) is 33.7 Å². The zero-order valence-electron chi connectivity index (χ0n) is 10.5. The Labute approximate surface area is 98.1 Å². The van der Waals surface area contributed by atoms with Crippen molar-refractivity contribution in [3.8, 4) is 0 Å². The van der Waals surface area contributed by atoms with E-state index in [2.05, 4.69) is 41.0 Å². The van der Waals surface area contributed by atoms with Crippen LogP contribution in [0.25, 0.3) is 0 Å². The molecule has 1 aromatic rings. The van der Waals surface area contributed by atoms with Crippen molar-refractivity contribution in [3.05, 3.63) is 18.1 Å². The fraction of sp³-hybridized carbons (Fsp3) is 0.667. The minimum atomic E-state index is 0.793. The molecular weight excluding hydrogens is 200 g/mol. The van der Waals surface area contributed by atoms with Gasteiger partial charge < -0.3 is 10.2 Å². The number of aromatic nitrogens is 2. The molecule has 1 aromatic heterocycles. The number of nitrogens with zero attached hydrogens (tertiary/aromatic N) is 3. The summed E-state index contributed by atoms with van der Waals surface area (Å²) in [7, 11) is 0. The molecule has 0 spiro atoms. The molecule has 0 atom stereocenters. The molecule has 4 heteroatoms. The quantitative estimate of drug-likeness (QED) is 0.764. The zero-order chi connectivity index (χ0) is 11.8. The summed E-state index contributed by atoms with van der Waals surface area (Å²) in [4.78, 5) is 11.1. The third-order valence-electron chi connectivity index (χ3n) is 2.43. The van der Waals surface area contributed by atoms with Crippen LogP contribution in [0.5, 0.6) is 0 Å². The minimum Gasteiger partial charge on any atom is -0.356 e. The van der Waals surface area contributed by atoms with E-state index < -0.39 is 0 Å². The molecule has 0 radical (unpaired) electrons. The number of anilines is 1. The summed E-state index contributed by atoms with van der Waals surface area (Å²) in [5, 5.41) is 3.26. The molecular formula is C12H22N4. The Balaban J connectivity index is 2.71. The van der Waals surface area contributed by atoms with Crippen molar-refractivity contribution in [1.29, 1.82) is 0 Å². The molecule has 0 fully saturated rings. The van der Waals surface area contributed by atoms with Crippen LogP contribution in [0, 0.1) is 0 Å². The van der Waals surface area contributed by atoms with Gasteiger partial charge in [-0.2, -0.15) is 0 Å². The van der Waals surface area contributed by atoms with Gasteiger partial charge in [-0.25, -0.2) is 4.98 Å². The Morgan fingerprint density at radius 2 is 2.06 bits per heavy atom. The van der Waals surface area contributed by atoms with Crippen LogP contribution in [0.15, 0.2) is 12.4 Å². The summed E-state index contributed by atoms with van der Waals surface area (Å²) in [6.45, 7) is 10.2. The summed E-state index contributed by atoms with van der Waals surface area (Å²) in [5.41, 5.74) is 1.01. The van der Waals surface area contributed by atoms with Crippen molar-refractivity contribution >= 4 is 5.82 Å². The lowest BCUT2D eigenvalue weighted by Crippen LogP contribution is -2.25. The van der Waals surface area contributed by atoms with Crippen LogP contribution in [0.4, 0.5) is 5.82 Å². The highest BCUT2D eigenvalue weighted by atomic mass is 15.2. The molecule has 0 unspecified atom stereocenters. The third-order valence-corrected chi connectivity index (χ3v) is 2.43. The fourth-order valence-electron chi connectivity index (χ4n) is 1.59. The van der Waals surface area contributed by atoms with Gasteiger partial charge in [0.2, 0.25) is 0 Å². The van der Waals surface area contributed by atoms with Gasteiger partial charge in [0.25, 0.3) is 0 Å². The normalized spacial score (nSPS) is 10.4. The Bertz CT molecular complexity index is 301. The van der Waals surface area contributed by atoms with Gasteiger partial charge >= 0.3 is 0 Å². The highest BCUT2D eigenvalue weighted by Crippen LogP contribution is 2.09. The molecule has 0 bridgehead atoms. The molecule has 1 N–H and O–H groups in total. The van der Waals surface area contributed by atoms with Crippen LogP contribution in [-0.4, -0.2) is 29.6 Å². The van der Waals surface area contributed by atoms with E-state index in [0.29, 0.717) is 0 Å². The molecule has 16 heavy (non-hydrogen) atoms. The van der Waals surface area contributed by atoms with Gasteiger partial charge in [-0.15, -0.1) is 0 Å². The largest absolute Gasteiger partial charge is 0.356 e. The van der Waals surface area contributed by atoms with Gasteiger partial charge in [0, 0.05) is 25.8 Å². The van der Waals surface area contributed by atoms with Crippen LogP contribution < -0.4 is 10.2 Å². The van der Waals surface area contributed by atoms with Crippen LogP contribution in [-0.2, 0) is 6.54 Å². The van der Waals surface area contributed by atoms with E-state index in [0.717, 1.165) is 44.1 Å². The minimum absolute atomic E-state index is 0.793. The van der Waals surface area contributed by atoms with Gasteiger partial charge in [-0.3, -0.25) is 4.98 Å². The molecule has 1 rings (SSSR count). The SMILES string of the molecule is CCCN(CC)c1cncc(CNCC)n1. The van der Waals surface area contributed by atoms with E-state index in [-0.39, 0.29) is 0 Å². The lowest BCUT2D eigenvalue weighted by atomic mass is 10.4. The lowest BCUT2D eigenvalue weighted by Gasteiger charge is -2.21. The van der Waals surface area contributed by atoms with Crippen molar-refractivity contribution in [2.75, 3.05) is 24.5 Å². The van der Waals surface area contributed by atoms with Crippen LogP contribution in [0.2, 0.25) is 0 Å². The Kier molecular flexibility index (Phi) is 5.78. The maximum Gasteiger partial charge on any atom is 0.147 e. The maximum atomic E-state index is 4.60. The molecule has 0 aliphatic carbocycles. The predicted octanol–water partition coefficient (Wildman–Crippen LogP) is 1.82.